The van der Waals surface area contributed by atoms with E-state index in [-0.39, 0.29) is 11.8 Å². The van der Waals surface area contributed by atoms with Gasteiger partial charge in [-0.1, -0.05) is 61.5 Å². The fraction of sp³-hybridized carbons (Fsp3) is 0.364. The molecule has 0 heterocycles. The minimum Gasteiger partial charge on any atom is -0.460 e. The fourth-order valence-corrected chi connectivity index (χ4v) is 2.77. The smallest absolute Gasteiger partial charge is 0.305 e. The second-order valence-corrected chi connectivity index (χ2v) is 7.18. The van der Waals surface area contributed by atoms with Crippen LogP contribution in [0, 0.1) is 0 Å². The molecule has 2 rings (SSSR count). The average Bonchev–Trinajstić information content (AvgIpc) is 2.62. The van der Waals surface area contributed by atoms with Crippen molar-refractivity contribution in [2.45, 2.75) is 26.3 Å². The molecule has 26 heavy (non-hydrogen) atoms. The summed E-state index contributed by atoms with van der Waals surface area (Å²) in [5, 5.41) is 0. The van der Waals surface area contributed by atoms with Crippen LogP contribution in [0.3, 0.4) is 0 Å². The summed E-state index contributed by atoms with van der Waals surface area (Å²) < 4.78 is 5.97. The molecule has 0 saturated heterocycles. The second-order valence-electron chi connectivity index (χ2n) is 7.18. The molecule has 0 aromatic heterocycles. The summed E-state index contributed by atoms with van der Waals surface area (Å²) in [6.07, 6.45) is 1.29. The number of ketones is 1. The van der Waals surface area contributed by atoms with Crippen LogP contribution in [0.1, 0.15) is 41.3 Å². The van der Waals surface area contributed by atoms with Crippen LogP contribution >= 0.6 is 0 Å². The molecule has 2 aromatic rings. The van der Waals surface area contributed by atoms with Gasteiger partial charge in [0.1, 0.15) is 19.7 Å². The maximum Gasteiger partial charge on any atom is 0.305 e. The molecule has 4 nitrogen and oxygen atoms in total. The molecule has 0 N–H and O–H groups in total. The third kappa shape index (κ3) is 6.12. The molecule has 0 amide bonds. The minimum absolute atomic E-state index is 0.0359. The van der Waals surface area contributed by atoms with Crippen LogP contribution in [0.4, 0.5) is 0 Å². The van der Waals surface area contributed by atoms with Crippen molar-refractivity contribution in [2.24, 2.45) is 0 Å². The zero-order valence-corrected chi connectivity index (χ0v) is 15.9. The van der Waals surface area contributed by atoms with Crippen molar-refractivity contribution >= 4 is 11.8 Å². The summed E-state index contributed by atoms with van der Waals surface area (Å²) in [5.74, 6) is -0.0926. The van der Waals surface area contributed by atoms with E-state index in [1.165, 1.54) is 0 Å². The van der Waals surface area contributed by atoms with Gasteiger partial charge in [-0.3, -0.25) is 9.59 Å². The first kappa shape index (κ1) is 19.9. The van der Waals surface area contributed by atoms with E-state index in [9.17, 15) is 9.59 Å². The minimum atomic E-state index is -0.128. The zero-order valence-electron chi connectivity index (χ0n) is 15.9. The molecule has 0 atom stereocenters. The average molecular weight is 354 g/mol. The van der Waals surface area contributed by atoms with Gasteiger partial charge >= 0.3 is 5.97 Å². The highest BCUT2D eigenvalue weighted by atomic mass is 16.5. The van der Waals surface area contributed by atoms with Crippen LogP contribution in [-0.4, -0.2) is 43.5 Å². The Morgan fingerprint density at radius 1 is 0.923 bits per heavy atom. The van der Waals surface area contributed by atoms with Gasteiger partial charge < -0.3 is 9.22 Å². The summed E-state index contributed by atoms with van der Waals surface area (Å²) in [6, 6.07) is 17.1. The van der Waals surface area contributed by atoms with Crippen molar-refractivity contribution in [3.8, 4) is 0 Å². The Morgan fingerprint density at radius 3 is 2.15 bits per heavy atom. The number of hydrogen-bond donors (Lipinski definition) is 0. The number of hydrogen-bond acceptors (Lipinski definition) is 3. The Hall–Kier alpha value is -2.46. The lowest BCUT2D eigenvalue weighted by molar-refractivity contribution is -0.903. The van der Waals surface area contributed by atoms with Crippen LogP contribution in [0.25, 0.3) is 0 Å². The van der Waals surface area contributed by atoms with Crippen LogP contribution < -0.4 is 0 Å². The number of ether oxygens (including phenoxy) is 1. The summed E-state index contributed by atoms with van der Waals surface area (Å²) in [5.41, 5.74) is 2.54. The SMILES string of the molecule is CCCC(=O)OCC[N+](C)(C)Cc1ccc(C(=O)c2ccccc2)cc1. The predicted octanol–water partition coefficient (Wildman–Crippen LogP) is 3.84. The maximum atomic E-state index is 12.4. The molecular weight excluding hydrogens is 326 g/mol. The molecule has 138 valence electrons. The number of esters is 1. The fourth-order valence-electron chi connectivity index (χ4n) is 2.77. The van der Waals surface area contributed by atoms with Crippen molar-refractivity contribution in [1.29, 1.82) is 0 Å². The Balaban J connectivity index is 1.91. The topological polar surface area (TPSA) is 43.4 Å². The lowest BCUT2D eigenvalue weighted by Gasteiger charge is -2.29. The summed E-state index contributed by atoms with van der Waals surface area (Å²) in [6.45, 7) is 3.95. The first-order valence-corrected chi connectivity index (χ1v) is 9.07. The Bertz CT molecular complexity index is 721. The number of benzene rings is 2. The maximum absolute atomic E-state index is 12.4. The first-order chi connectivity index (χ1) is 12.4. The highest BCUT2D eigenvalue weighted by Crippen LogP contribution is 2.14. The van der Waals surface area contributed by atoms with Crippen molar-refractivity contribution in [2.75, 3.05) is 27.2 Å². The summed E-state index contributed by atoms with van der Waals surface area (Å²) in [4.78, 5) is 23.9. The van der Waals surface area contributed by atoms with Crippen molar-refractivity contribution in [1.82, 2.24) is 0 Å². The van der Waals surface area contributed by atoms with Gasteiger partial charge in [0.15, 0.2) is 5.78 Å². The van der Waals surface area contributed by atoms with E-state index in [1.807, 2.05) is 61.5 Å². The van der Waals surface area contributed by atoms with E-state index in [0.717, 1.165) is 25.1 Å². The molecule has 0 bridgehead atoms. The number of nitrogens with zero attached hydrogens (tertiary/aromatic N) is 1. The Morgan fingerprint density at radius 2 is 1.54 bits per heavy atom. The van der Waals surface area contributed by atoms with E-state index in [4.69, 9.17) is 4.74 Å². The molecule has 0 aliphatic heterocycles. The summed E-state index contributed by atoms with van der Waals surface area (Å²) >= 11 is 0. The Kier molecular flexibility index (Phi) is 7.10. The molecule has 0 fully saturated rings. The van der Waals surface area contributed by atoms with E-state index >= 15 is 0 Å². The number of carbonyl (C=O) groups is 2. The van der Waals surface area contributed by atoms with Crippen LogP contribution in [-0.2, 0) is 16.1 Å². The van der Waals surface area contributed by atoms with Gasteiger partial charge in [0.05, 0.1) is 14.1 Å². The van der Waals surface area contributed by atoms with Crippen molar-refractivity contribution in [3.63, 3.8) is 0 Å². The Labute approximate surface area is 156 Å². The molecule has 0 saturated carbocycles. The van der Waals surface area contributed by atoms with E-state index in [2.05, 4.69) is 14.1 Å². The molecule has 0 aliphatic carbocycles. The highest BCUT2D eigenvalue weighted by molar-refractivity contribution is 6.08. The van der Waals surface area contributed by atoms with Crippen LogP contribution in [0.2, 0.25) is 0 Å². The van der Waals surface area contributed by atoms with Crippen molar-refractivity contribution in [3.05, 3.63) is 71.3 Å². The number of quaternary nitrogens is 1. The van der Waals surface area contributed by atoms with Crippen LogP contribution in [0.5, 0.6) is 0 Å². The summed E-state index contributed by atoms with van der Waals surface area (Å²) in [7, 11) is 4.22. The lowest BCUT2D eigenvalue weighted by atomic mass is 10.0. The molecule has 0 aliphatic rings. The van der Waals surface area contributed by atoms with Crippen LogP contribution in [0.15, 0.2) is 54.6 Å². The van der Waals surface area contributed by atoms with Gasteiger partial charge in [-0.2, -0.15) is 0 Å². The quantitative estimate of drug-likeness (QED) is 0.390. The molecule has 0 unspecified atom stereocenters. The van der Waals surface area contributed by atoms with Gasteiger partial charge in [0, 0.05) is 23.1 Å². The molecular formula is C22H28NO3+. The van der Waals surface area contributed by atoms with Gasteiger partial charge in [0.25, 0.3) is 0 Å². The first-order valence-electron chi connectivity index (χ1n) is 9.07. The van der Waals surface area contributed by atoms with Gasteiger partial charge in [-0.05, 0) is 6.42 Å². The largest absolute Gasteiger partial charge is 0.460 e. The van der Waals surface area contributed by atoms with Gasteiger partial charge in [-0.15, -0.1) is 0 Å². The number of carbonyl (C=O) groups excluding carboxylic acids is 2. The second kappa shape index (κ2) is 9.30. The van der Waals surface area contributed by atoms with Crippen molar-refractivity contribution < 1.29 is 18.8 Å². The van der Waals surface area contributed by atoms with E-state index in [0.29, 0.717) is 28.6 Å². The monoisotopic (exact) mass is 354 g/mol. The highest BCUT2D eigenvalue weighted by Gasteiger charge is 2.17. The van der Waals surface area contributed by atoms with Gasteiger partial charge in [-0.25, -0.2) is 0 Å². The third-order valence-corrected chi connectivity index (χ3v) is 4.28. The lowest BCUT2D eigenvalue weighted by Crippen LogP contribution is -2.41. The third-order valence-electron chi connectivity index (χ3n) is 4.28. The van der Waals surface area contributed by atoms with E-state index in [1.54, 1.807) is 0 Å². The standard InChI is InChI=1S/C22H28NO3/c1-4-8-21(24)26-16-15-23(2,3)17-18-11-13-20(14-12-18)22(25)19-9-6-5-7-10-19/h5-7,9-14H,4,8,15-17H2,1-3H3/q+1. The molecule has 2 aromatic carbocycles. The normalized spacial score (nSPS) is 11.2. The van der Waals surface area contributed by atoms with E-state index < -0.39 is 0 Å². The number of rotatable bonds is 9. The van der Waals surface area contributed by atoms with Gasteiger partial charge in [0.2, 0.25) is 0 Å². The zero-order chi connectivity index (χ0) is 19.0. The molecule has 0 spiro atoms. The predicted molar refractivity (Wildman–Crippen MR) is 103 cm³/mol. The molecule has 4 heteroatoms. The molecule has 0 radical (unpaired) electrons. The number of likely N-dealkylation sites (N-methyl/N-ethyl adjacent to an activating group) is 1.